The van der Waals surface area contributed by atoms with Crippen LogP contribution in [0.4, 0.5) is 14.9 Å². The molecule has 0 aromatic heterocycles. The molecule has 0 spiro atoms. The van der Waals surface area contributed by atoms with Gasteiger partial charge in [0.25, 0.3) is 0 Å². The van der Waals surface area contributed by atoms with E-state index in [-0.39, 0.29) is 18.4 Å². The summed E-state index contributed by atoms with van der Waals surface area (Å²) in [4.78, 5) is 26.7. The van der Waals surface area contributed by atoms with E-state index in [9.17, 15) is 14.0 Å². The van der Waals surface area contributed by atoms with Gasteiger partial charge >= 0.3 is 6.03 Å². The van der Waals surface area contributed by atoms with Crippen LogP contribution in [-0.2, 0) is 4.79 Å². The number of benzene rings is 3. The Morgan fingerprint density at radius 2 is 1.55 bits per heavy atom. The van der Waals surface area contributed by atoms with Crippen LogP contribution in [0.5, 0.6) is 0 Å². The molecule has 0 radical (unpaired) electrons. The number of hydrogen-bond acceptors (Lipinski definition) is 3. The van der Waals surface area contributed by atoms with E-state index in [0.717, 1.165) is 22.3 Å². The van der Waals surface area contributed by atoms with E-state index >= 15 is 0 Å². The maximum absolute atomic E-state index is 13.4. The molecule has 1 atom stereocenters. The number of carbonyl (C=O) groups excluding carboxylic acids is 2. The normalized spacial score (nSPS) is 11.8. The van der Waals surface area contributed by atoms with Crippen molar-refractivity contribution < 1.29 is 14.0 Å². The van der Waals surface area contributed by atoms with E-state index < -0.39 is 11.9 Å². The Labute approximate surface area is 181 Å². The van der Waals surface area contributed by atoms with E-state index in [4.69, 9.17) is 0 Å². The largest absolute Gasteiger partial charge is 0.325 e. The van der Waals surface area contributed by atoms with E-state index in [1.165, 1.54) is 12.1 Å². The Bertz CT molecular complexity index is 1050. The molecule has 31 heavy (non-hydrogen) atoms. The molecule has 0 saturated heterocycles. The van der Waals surface area contributed by atoms with Crippen molar-refractivity contribution in [1.82, 2.24) is 10.2 Å². The molecule has 6 heteroatoms. The molecule has 0 bridgehead atoms. The summed E-state index contributed by atoms with van der Waals surface area (Å²) in [6.07, 6.45) is 0. The number of anilines is 1. The zero-order valence-corrected chi connectivity index (χ0v) is 17.9. The van der Waals surface area contributed by atoms with E-state index in [2.05, 4.69) is 10.6 Å². The van der Waals surface area contributed by atoms with Crippen molar-refractivity contribution in [3.8, 4) is 0 Å². The fourth-order valence-corrected chi connectivity index (χ4v) is 3.51. The number of nitrogens with zero attached hydrogens (tertiary/aromatic N) is 1. The summed E-state index contributed by atoms with van der Waals surface area (Å²) in [6.45, 7) is 3.85. The third kappa shape index (κ3) is 5.77. The predicted molar refractivity (Wildman–Crippen MR) is 120 cm³/mol. The van der Waals surface area contributed by atoms with Gasteiger partial charge in [-0.05, 0) is 61.3 Å². The summed E-state index contributed by atoms with van der Waals surface area (Å²) < 4.78 is 13.4. The van der Waals surface area contributed by atoms with Crippen LogP contribution in [0.2, 0.25) is 0 Å². The van der Waals surface area contributed by atoms with E-state index in [0.29, 0.717) is 5.69 Å². The molecule has 3 aromatic rings. The summed E-state index contributed by atoms with van der Waals surface area (Å²) in [5, 5.41) is 5.11. The second kappa shape index (κ2) is 10.00. The molecule has 0 fully saturated rings. The van der Waals surface area contributed by atoms with Gasteiger partial charge in [0.2, 0.25) is 5.91 Å². The maximum Gasteiger partial charge on any atom is 0.325 e. The van der Waals surface area contributed by atoms with Gasteiger partial charge in [-0.3, -0.25) is 15.0 Å². The Kier molecular flexibility index (Phi) is 7.15. The minimum absolute atomic E-state index is 0.0167. The van der Waals surface area contributed by atoms with Gasteiger partial charge in [0, 0.05) is 5.69 Å². The lowest BCUT2D eigenvalue weighted by Crippen LogP contribution is -2.42. The van der Waals surface area contributed by atoms with Crippen molar-refractivity contribution in [1.29, 1.82) is 0 Å². The SMILES string of the molecule is Cc1cccc(NC(=O)NC(=O)CN(C)C(c2ccccc2)c2ccc(F)cc2)c1C. The van der Waals surface area contributed by atoms with Crippen LogP contribution < -0.4 is 10.6 Å². The third-order valence-electron chi connectivity index (χ3n) is 5.24. The average Bonchev–Trinajstić information content (AvgIpc) is 2.73. The van der Waals surface area contributed by atoms with Crippen LogP contribution in [0.3, 0.4) is 0 Å². The summed E-state index contributed by atoms with van der Waals surface area (Å²) in [5.74, 6) is -0.757. The second-order valence-electron chi connectivity index (χ2n) is 7.53. The number of aryl methyl sites for hydroxylation is 1. The standard InChI is InChI=1S/C25H26FN3O2/c1-17-8-7-11-22(18(17)2)27-25(31)28-23(30)16-29(3)24(19-9-5-4-6-10-19)20-12-14-21(26)15-13-20/h4-15,24H,16H2,1-3H3,(H2,27,28,30,31). The summed E-state index contributed by atoms with van der Waals surface area (Å²) in [5.41, 5.74) is 4.47. The van der Waals surface area contributed by atoms with Gasteiger partial charge < -0.3 is 5.32 Å². The minimum atomic E-state index is -0.579. The van der Waals surface area contributed by atoms with Crippen LogP contribution >= 0.6 is 0 Å². The molecule has 1 unspecified atom stereocenters. The Morgan fingerprint density at radius 3 is 2.23 bits per heavy atom. The van der Waals surface area contributed by atoms with E-state index in [1.807, 2.05) is 61.2 Å². The highest BCUT2D eigenvalue weighted by Crippen LogP contribution is 2.27. The first-order chi connectivity index (χ1) is 14.8. The van der Waals surface area contributed by atoms with Crippen molar-refractivity contribution in [3.63, 3.8) is 0 Å². The molecule has 2 N–H and O–H groups in total. The van der Waals surface area contributed by atoms with Crippen LogP contribution in [0, 0.1) is 19.7 Å². The van der Waals surface area contributed by atoms with Crippen LogP contribution in [0.25, 0.3) is 0 Å². The first-order valence-electron chi connectivity index (χ1n) is 10.0. The predicted octanol–water partition coefficient (Wildman–Crippen LogP) is 4.81. The average molecular weight is 420 g/mol. The second-order valence-corrected chi connectivity index (χ2v) is 7.53. The number of urea groups is 1. The first-order valence-corrected chi connectivity index (χ1v) is 10.0. The fourth-order valence-electron chi connectivity index (χ4n) is 3.51. The minimum Gasteiger partial charge on any atom is -0.307 e. The number of nitrogens with one attached hydrogen (secondary N) is 2. The third-order valence-corrected chi connectivity index (χ3v) is 5.24. The molecule has 0 aliphatic heterocycles. The van der Waals surface area contributed by atoms with Crippen LogP contribution in [-0.4, -0.2) is 30.4 Å². The molecular formula is C25H26FN3O2. The van der Waals surface area contributed by atoms with Gasteiger partial charge in [0.1, 0.15) is 5.82 Å². The molecule has 5 nitrogen and oxygen atoms in total. The number of hydrogen-bond donors (Lipinski definition) is 2. The Balaban J connectivity index is 1.70. The first kappa shape index (κ1) is 22.2. The number of likely N-dealkylation sites (N-methyl/N-ethyl adjacent to an activating group) is 1. The molecule has 3 amide bonds. The monoisotopic (exact) mass is 419 g/mol. The molecule has 3 rings (SSSR count). The van der Waals surface area contributed by atoms with Gasteiger partial charge in [0.05, 0.1) is 12.6 Å². The molecule has 0 saturated carbocycles. The van der Waals surface area contributed by atoms with Crippen molar-refractivity contribution in [3.05, 3.63) is 101 Å². The highest BCUT2D eigenvalue weighted by atomic mass is 19.1. The molecular weight excluding hydrogens is 393 g/mol. The number of imide groups is 1. The molecule has 160 valence electrons. The van der Waals surface area contributed by atoms with Crippen LogP contribution in [0.15, 0.2) is 72.8 Å². The summed E-state index contributed by atoms with van der Waals surface area (Å²) in [7, 11) is 1.79. The van der Waals surface area contributed by atoms with Gasteiger partial charge in [0.15, 0.2) is 0 Å². The Hall–Kier alpha value is -3.51. The van der Waals surface area contributed by atoms with Gasteiger partial charge in [-0.2, -0.15) is 0 Å². The van der Waals surface area contributed by atoms with E-state index in [1.54, 1.807) is 25.2 Å². The number of carbonyl (C=O) groups is 2. The van der Waals surface area contributed by atoms with Gasteiger partial charge in [-0.1, -0.05) is 54.6 Å². The van der Waals surface area contributed by atoms with Crippen molar-refractivity contribution in [2.45, 2.75) is 19.9 Å². The molecule has 0 heterocycles. The lowest BCUT2D eigenvalue weighted by atomic mass is 9.97. The van der Waals surface area contributed by atoms with Crippen molar-refractivity contribution in [2.24, 2.45) is 0 Å². The smallest absolute Gasteiger partial charge is 0.307 e. The number of halogens is 1. The van der Waals surface area contributed by atoms with Crippen LogP contribution in [0.1, 0.15) is 28.3 Å². The zero-order chi connectivity index (χ0) is 22.4. The molecule has 0 aliphatic carbocycles. The highest BCUT2D eigenvalue weighted by molar-refractivity contribution is 6.02. The van der Waals surface area contributed by atoms with Crippen molar-refractivity contribution in [2.75, 3.05) is 18.9 Å². The molecule has 0 aliphatic rings. The zero-order valence-electron chi connectivity index (χ0n) is 17.9. The Morgan fingerprint density at radius 1 is 0.903 bits per heavy atom. The number of rotatable bonds is 6. The topological polar surface area (TPSA) is 61.4 Å². The summed E-state index contributed by atoms with van der Waals surface area (Å²) in [6, 6.07) is 20.6. The van der Waals surface area contributed by atoms with Crippen molar-refractivity contribution >= 4 is 17.6 Å². The lowest BCUT2D eigenvalue weighted by Gasteiger charge is -2.28. The highest BCUT2D eigenvalue weighted by Gasteiger charge is 2.22. The van der Waals surface area contributed by atoms with Gasteiger partial charge in [-0.15, -0.1) is 0 Å². The maximum atomic E-state index is 13.4. The lowest BCUT2D eigenvalue weighted by molar-refractivity contribution is -0.121. The van der Waals surface area contributed by atoms with Gasteiger partial charge in [-0.25, -0.2) is 9.18 Å². The quantitative estimate of drug-likeness (QED) is 0.603. The molecule has 3 aromatic carbocycles. The fraction of sp³-hybridized carbons (Fsp3) is 0.200. The summed E-state index contributed by atoms with van der Waals surface area (Å²) >= 11 is 0. The number of amides is 3.